The lowest BCUT2D eigenvalue weighted by Crippen LogP contribution is -2.51. The van der Waals surface area contributed by atoms with Gasteiger partial charge in [0.2, 0.25) is 5.78 Å². The number of carbonyl (C=O) groups is 2. The number of piperidine rings is 1. The molecule has 0 bridgehead atoms. The molecule has 2 aliphatic heterocycles. The number of benzene rings is 2. The number of carbonyl (C=O) groups excluding carboxylic acids is 2. The van der Waals surface area contributed by atoms with Gasteiger partial charge in [-0.3, -0.25) is 9.59 Å². The van der Waals surface area contributed by atoms with Crippen LogP contribution in [0.25, 0.3) is 0 Å². The van der Waals surface area contributed by atoms with Gasteiger partial charge in [-0.25, -0.2) is 4.39 Å². The molecule has 2 aliphatic rings. The molecule has 0 aromatic heterocycles. The van der Waals surface area contributed by atoms with Crippen LogP contribution in [0.1, 0.15) is 24.8 Å². The zero-order valence-corrected chi connectivity index (χ0v) is 16.3. The van der Waals surface area contributed by atoms with Gasteiger partial charge in [0, 0.05) is 13.0 Å². The summed E-state index contributed by atoms with van der Waals surface area (Å²) < 4.78 is 18.7. The quantitative estimate of drug-likeness (QED) is 0.574. The topological polar surface area (TPSA) is 58.6 Å². The first-order valence-electron chi connectivity index (χ1n) is 10.1. The van der Waals surface area contributed by atoms with E-state index < -0.39 is 5.72 Å². The van der Waals surface area contributed by atoms with Gasteiger partial charge in [-0.1, -0.05) is 24.3 Å². The Morgan fingerprint density at radius 1 is 1.17 bits per heavy atom. The summed E-state index contributed by atoms with van der Waals surface area (Å²) >= 11 is 0. The highest BCUT2D eigenvalue weighted by molar-refractivity contribution is 6.06. The summed E-state index contributed by atoms with van der Waals surface area (Å²) in [4.78, 5) is 26.7. The summed E-state index contributed by atoms with van der Waals surface area (Å²) in [6, 6.07) is 13.9. The Bertz CT molecular complexity index is 851. The first-order valence-corrected chi connectivity index (χ1v) is 10.1. The monoisotopic (exact) mass is 396 g/mol. The summed E-state index contributed by atoms with van der Waals surface area (Å²) in [6.07, 6.45) is 3.86. The van der Waals surface area contributed by atoms with Crippen molar-refractivity contribution < 1.29 is 18.7 Å². The van der Waals surface area contributed by atoms with Gasteiger partial charge in [-0.05, 0) is 68.1 Å². The van der Waals surface area contributed by atoms with E-state index in [4.69, 9.17) is 4.74 Å². The maximum atomic E-state index is 13.0. The van der Waals surface area contributed by atoms with E-state index in [0.29, 0.717) is 30.2 Å². The standard InChI is InChI=1S/C23H25FN2O3/c24-19-7-5-17(6-8-19)15-18-9-12-26(13-10-18)14-11-22(28)23(16-27)25-20-3-1-2-4-21(20)29-23/h1-8,16,18,25H,9-15H2. The van der Waals surface area contributed by atoms with Crippen molar-refractivity contribution in [1.29, 1.82) is 0 Å². The third-order valence-corrected chi connectivity index (χ3v) is 5.86. The smallest absolute Gasteiger partial charge is 0.296 e. The van der Waals surface area contributed by atoms with Crippen LogP contribution in [0.5, 0.6) is 5.75 Å². The van der Waals surface area contributed by atoms with Gasteiger partial charge in [0.15, 0.2) is 6.29 Å². The number of hydrogen-bond acceptors (Lipinski definition) is 5. The molecule has 1 unspecified atom stereocenters. The molecule has 29 heavy (non-hydrogen) atoms. The molecule has 0 radical (unpaired) electrons. The third kappa shape index (κ3) is 4.32. The molecular formula is C23H25FN2O3. The second-order valence-electron chi connectivity index (χ2n) is 7.87. The second-order valence-corrected chi connectivity index (χ2v) is 7.87. The summed E-state index contributed by atoms with van der Waals surface area (Å²) in [5, 5.41) is 2.94. The molecule has 1 N–H and O–H groups in total. The lowest BCUT2D eigenvalue weighted by Gasteiger charge is -2.32. The fourth-order valence-corrected chi connectivity index (χ4v) is 4.12. The van der Waals surface area contributed by atoms with E-state index in [-0.39, 0.29) is 18.0 Å². The van der Waals surface area contributed by atoms with E-state index in [1.54, 1.807) is 12.1 Å². The Morgan fingerprint density at radius 3 is 2.59 bits per heavy atom. The van der Waals surface area contributed by atoms with Gasteiger partial charge in [0.1, 0.15) is 11.6 Å². The minimum absolute atomic E-state index is 0.204. The van der Waals surface area contributed by atoms with Crippen molar-refractivity contribution in [3.63, 3.8) is 0 Å². The van der Waals surface area contributed by atoms with Crippen LogP contribution in [0.4, 0.5) is 10.1 Å². The molecule has 0 saturated carbocycles. The van der Waals surface area contributed by atoms with E-state index in [2.05, 4.69) is 10.2 Å². The number of nitrogens with one attached hydrogen (secondary N) is 1. The summed E-state index contributed by atoms with van der Waals surface area (Å²) in [7, 11) is 0. The molecule has 1 saturated heterocycles. The number of aldehydes is 1. The van der Waals surface area contributed by atoms with E-state index in [0.717, 1.165) is 37.9 Å². The summed E-state index contributed by atoms with van der Waals surface area (Å²) in [5.41, 5.74) is 0.219. The van der Waals surface area contributed by atoms with Crippen molar-refractivity contribution in [2.45, 2.75) is 31.4 Å². The highest BCUT2D eigenvalue weighted by Gasteiger charge is 2.45. The van der Waals surface area contributed by atoms with Crippen LogP contribution < -0.4 is 10.1 Å². The predicted molar refractivity (Wildman–Crippen MR) is 108 cm³/mol. The summed E-state index contributed by atoms with van der Waals surface area (Å²) in [5.74, 6) is 0.639. The van der Waals surface area contributed by atoms with Crippen LogP contribution >= 0.6 is 0 Å². The molecular weight excluding hydrogens is 371 g/mol. The van der Waals surface area contributed by atoms with Gasteiger partial charge in [-0.15, -0.1) is 0 Å². The lowest BCUT2D eigenvalue weighted by molar-refractivity contribution is -0.137. The minimum Gasteiger partial charge on any atom is -0.452 e. The first kappa shape index (κ1) is 19.6. The maximum Gasteiger partial charge on any atom is 0.296 e. The van der Waals surface area contributed by atoms with E-state index in [1.807, 2.05) is 24.3 Å². The SMILES string of the molecule is O=CC1(C(=O)CCN2CCC(Cc3ccc(F)cc3)CC2)Nc2ccccc2O1. The van der Waals surface area contributed by atoms with Crippen molar-refractivity contribution in [1.82, 2.24) is 4.90 Å². The van der Waals surface area contributed by atoms with Crippen molar-refractivity contribution in [3.8, 4) is 5.75 Å². The predicted octanol–water partition coefficient (Wildman–Crippen LogP) is 3.44. The number of rotatable bonds is 7. The first-order chi connectivity index (χ1) is 14.1. The van der Waals surface area contributed by atoms with Crippen LogP contribution in [-0.2, 0) is 16.0 Å². The molecule has 0 aliphatic carbocycles. The molecule has 4 rings (SSSR count). The molecule has 1 atom stereocenters. The number of anilines is 1. The number of Topliss-reactive ketones (excluding diaryl/α,β-unsaturated/α-hetero) is 1. The van der Waals surface area contributed by atoms with E-state index >= 15 is 0 Å². The molecule has 2 heterocycles. The molecule has 0 amide bonds. The average Bonchev–Trinajstić information content (AvgIpc) is 3.15. The Balaban J connectivity index is 1.25. The molecule has 2 aromatic rings. The van der Waals surface area contributed by atoms with Crippen LogP contribution in [0, 0.1) is 11.7 Å². The summed E-state index contributed by atoms with van der Waals surface area (Å²) in [6.45, 7) is 2.45. The van der Waals surface area contributed by atoms with Crippen molar-refractivity contribution in [2.24, 2.45) is 5.92 Å². The van der Waals surface area contributed by atoms with Crippen LogP contribution in [-0.4, -0.2) is 42.3 Å². The van der Waals surface area contributed by atoms with Crippen LogP contribution in [0.15, 0.2) is 48.5 Å². The number of hydrogen-bond donors (Lipinski definition) is 1. The highest BCUT2D eigenvalue weighted by atomic mass is 19.1. The molecule has 152 valence electrons. The number of halogens is 1. The van der Waals surface area contributed by atoms with Crippen LogP contribution in [0.3, 0.4) is 0 Å². The lowest BCUT2D eigenvalue weighted by atomic mass is 9.90. The Kier molecular flexibility index (Phi) is 5.62. The van der Waals surface area contributed by atoms with Gasteiger partial charge < -0.3 is 15.0 Å². The fraction of sp³-hybridized carbons (Fsp3) is 0.391. The highest BCUT2D eigenvalue weighted by Crippen LogP contribution is 2.36. The largest absolute Gasteiger partial charge is 0.452 e. The molecule has 6 heteroatoms. The Labute approximate surface area is 169 Å². The molecule has 1 fully saturated rings. The minimum atomic E-state index is -1.61. The van der Waals surface area contributed by atoms with E-state index in [1.165, 1.54) is 12.1 Å². The average molecular weight is 396 g/mol. The Morgan fingerprint density at radius 2 is 1.90 bits per heavy atom. The van der Waals surface area contributed by atoms with E-state index in [9.17, 15) is 14.0 Å². The number of fused-ring (bicyclic) bond motifs is 1. The molecule has 0 spiro atoms. The normalized spacial score (nSPS) is 21.8. The van der Waals surface area contributed by atoms with Crippen molar-refractivity contribution in [3.05, 3.63) is 59.9 Å². The van der Waals surface area contributed by atoms with Gasteiger partial charge in [0.05, 0.1) is 5.69 Å². The van der Waals surface area contributed by atoms with Crippen molar-refractivity contribution >= 4 is 17.8 Å². The zero-order valence-electron chi connectivity index (χ0n) is 16.3. The van der Waals surface area contributed by atoms with Gasteiger partial charge in [0.25, 0.3) is 5.72 Å². The van der Waals surface area contributed by atoms with Gasteiger partial charge in [-0.2, -0.15) is 0 Å². The zero-order chi connectivity index (χ0) is 20.3. The fourth-order valence-electron chi connectivity index (χ4n) is 4.12. The van der Waals surface area contributed by atoms with Gasteiger partial charge >= 0.3 is 0 Å². The second kappa shape index (κ2) is 8.33. The Hall–Kier alpha value is -2.73. The number of ketones is 1. The number of ether oxygens (including phenoxy) is 1. The third-order valence-electron chi connectivity index (χ3n) is 5.86. The maximum absolute atomic E-state index is 13.0. The number of para-hydroxylation sites is 2. The number of nitrogens with zero attached hydrogens (tertiary/aromatic N) is 1. The number of likely N-dealkylation sites (tertiary alicyclic amines) is 1. The molecule has 2 aromatic carbocycles. The molecule has 5 nitrogen and oxygen atoms in total. The van der Waals surface area contributed by atoms with Crippen molar-refractivity contribution in [2.75, 3.05) is 25.0 Å². The van der Waals surface area contributed by atoms with Crippen LogP contribution in [0.2, 0.25) is 0 Å².